The topological polar surface area (TPSA) is 66.0 Å². The molecule has 0 amide bonds. The summed E-state index contributed by atoms with van der Waals surface area (Å²) in [6.07, 6.45) is 1.64. The number of anilines is 1. The highest BCUT2D eigenvalue weighted by atomic mass is 79.9. The van der Waals surface area contributed by atoms with Gasteiger partial charge in [-0.15, -0.1) is 0 Å². The number of esters is 1. The number of hydrogen-bond donors (Lipinski definition) is 1. The second-order valence-electron chi connectivity index (χ2n) is 7.23. The second kappa shape index (κ2) is 8.45. The third-order valence-electron chi connectivity index (χ3n) is 3.92. The lowest BCUT2D eigenvalue weighted by Crippen LogP contribution is -2.41. The Morgan fingerprint density at radius 3 is 2.62 bits per heavy atom. The molecule has 1 aromatic carbocycles. The molecule has 2 rings (SSSR count). The number of halogens is 1. The van der Waals surface area contributed by atoms with Crippen molar-refractivity contribution in [2.24, 2.45) is 0 Å². The quantitative estimate of drug-likeness (QED) is 0.163. The summed E-state index contributed by atoms with van der Waals surface area (Å²) in [5.41, 5.74) is 1.52. The number of nitrogens with one attached hydrogen (secondary N) is 1. The van der Waals surface area contributed by atoms with Gasteiger partial charge in [0.2, 0.25) is 4.45 Å². The number of hydrogen-bond acceptors (Lipinski definition) is 6. The van der Waals surface area contributed by atoms with E-state index in [0.717, 1.165) is 17.3 Å². The largest absolute Gasteiger partial charge is 0.497 e. The summed E-state index contributed by atoms with van der Waals surface area (Å²) < 4.78 is 20.4. The fourth-order valence-corrected chi connectivity index (χ4v) is 3.71. The van der Waals surface area contributed by atoms with Crippen molar-refractivity contribution in [3.8, 4) is 5.75 Å². The molecule has 1 aromatic rings. The highest BCUT2D eigenvalue weighted by Crippen LogP contribution is 2.39. The van der Waals surface area contributed by atoms with E-state index < -0.39 is 18.5 Å². The summed E-state index contributed by atoms with van der Waals surface area (Å²) in [4.78, 5) is 12.2. The Hall–Kier alpha value is -1.51. The number of ether oxygens (including phenoxy) is 4. The predicted molar refractivity (Wildman–Crippen MR) is 108 cm³/mol. The molecule has 0 saturated heterocycles. The van der Waals surface area contributed by atoms with Crippen molar-refractivity contribution in [2.45, 2.75) is 30.1 Å². The third kappa shape index (κ3) is 5.25. The van der Waals surface area contributed by atoms with Gasteiger partial charge in [-0.2, -0.15) is 0 Å². The lowest BCUT2D eigenvalue weighted by molar-refractivity contribution is -0.141. The van der Waals surface area contributed by atoms with E-state index in [2.05, 4.69) is 40.9 Å². The van der Waals surface area contributed by atoms with E-state index >= 15 is 0 Å². The molecule has 1 aliphatic heterocycles. The van der Waals surface area contributed by atoms with Crippen molar-refractivity contribution in [2.75, 3.05) is 32.9 Å². The average Bonchev–Trinajstić information content (AvgIpc) is 2.59. The number of rotatable bonds is 8. The van der Waals surface area contributed by atoms with E-state index in [9.17, 15) is 4.79 Å². The van der Waals surface area contributed by atoms with E-state index in [1.165, 1.54) is 7.11 Å². The van der Waals surface area contributed by atoms with Crippen LogP contribution < -0.4 is 10.1 Å². The normalized spacial score (nSPS) is 19.1. The van der Waals surface area contributed by atoms with E-state index in [0.29, 0.717) is 18.1 Å². The second-order valence-corrected chi connectivity index (χ2v) is 14.1. The molecule has 6 nitrogen and oxygen atoms in total. The van der Waals surface area contributed by atoms with Crippen LogP contribution in [0.2, 0.25) is 25.7 Å². The zero-order valence-electron chi connectivity index (χ0n) is 15.8. The number of methoxy groups -OCH3 is 2. The van der Waals surface area contributed by atoms with Gasteiger partial charge in [0.15, 0.2) is 6.79 Å². The van der Waals surface area contributed by atoms with Crippen LogP contribution in [0.15, 0.2) is 24.3 Å². The van der Waals surface area contributed by atoms with E-state index in [-0.39, 0.29) is 6.79 Å². The van der Waals surface area contributed by atoms with Crippen LogP contribution in [0.5, 0.6) is 5.75 Å². The van der Waals surface area contributed by atoms with Gasteiger partial charge >= 0.3 is 5.97 Å². The Morgan fingerprint density at radius 1 is 1.27 bits per heavy atom. The molecule has 0 radical (unpaired) electrons. The van der Waals surface area contributed by atoms with Gasteiger partial charge in [-0.3, -0.25) is 0 Å². The first-order chi connectivity index (χ1) is 12.2. The first-order valence-corrected chi connectivity index (χ1v) is 12.9. The van der Waals surface area contributed by atoms with Crippen molar-refractivity contribution in [3.05, 3.63) is 29.8 Å². The van der Waals surface area contributed by atoms with E-state index in [4.69, 9.17) is 18.9 Å². The summed E-state index contributed by atoms with van der Waals surface area (Å²) in [5, 5.41) is 3.12. The summed E-state index contributed by atoms with van der Waals surface area (Å²) in [7, 11) is 1.79. The zero-order chi connectivity index (χ0) is 19.4. The Morgan fingerprint density at radius 2 is 2.00 bits per heavy atom. The summed E-state index contributed by atoms with van der Waals surface area (Å²) in [5.74, 6) is 0.743. The van der Waals surface area contributed by atoms with E-state index in [1.54, 1.807) is 13.2 Å². The third-order valence-corrected chi connectivity index (χ3v) is 6.37. The summed E-state index contributed by atoms with van der Waals surface area (Å²) >= 11 is 3.41. The van der Waals surface area contributed by atoms with Crippen molar-refractivity contribution >= 4 is 41.4 Å². The molecule has 1 heterocycles. The zero-order valence-corrected chi connectivity index (χ0v) is 18.4. The Balaban J connectivity index is 2.17. The maximum Gasteiger partial charge on any atom is 0.347 e. The summed E-state index contributed by atoms with van der Waals surface area (Å²) in [6, 6.07) is 6.55. The van der Waals surface area contributed by atoms with Crippen LogP contribution in [-0.2, 0) is 19.0 Å². The van der Waals surface area contributed by atoms with Crippen LogP contribution in [0.25, 0.3) is 5.76 Å². The van der Waals surface area contributed by atoms with Gasteiger partial charge in [0.25, 0.3) is 0 Å². The smallest absolute Gasteiger partial charge is 0.347 e. The van der Waals surface area contributed by atoms with Crippen LogP contribution in [0, 0.1) is 0 Å². The lowest BCUT2D eigenvalue weighted by atomic mass is 10.0. The van der Waals surface area contributed by atoms with Gasteiger partial charge in [-0.25, -0.2) is 4.79 Å². The number of carbonyl (C=O) groups excluding carboxylic acids is 1. The number of fused-ring (bicyclic) bond motifs is 1. The van der Waals surface area contributed by atoms with Crippen LogP contribution in [0.1, 0.15) is 5.56 Å². The lowest BCUT2D eigenvalue weighted by Gasteiger charge is -2.31. The fraction of sp³-hybridized carbons (Fsp3) is 0.500. The predicted octanol–water partition coefficient (Wildman–Crippen LogP) is 4.05. The molecule has 1 unspecified atom stereocenters. The maximum absolute atomic E-state index is 12.2. The van der Waals surface area contributed by atoms with Crippen LogP contribution in [0.3, 0.4) is 0 Å². The van der Waals surface area contributed by atoms with Crippen LogP contribution in [-0.4, -0.2) is 46.1 Å². The van der Waals surface area contributed by atoms with Crippen LogP contribution in [0.4, 0.5) is 5.69 Å². The minimum absolute atomic E-state index is 0.108. The molecule has 8 heteroatoms. The summed E-state index contributed by atoms with van der Waals surface area (Å²) in [6.45, 7) is 7.65. The van der Waals surface area contributed by atoms with Gasteiger partial charge in [0.1, 0.15) is 11.5 Å². The first-order valence-electron chi connectivity index (χ1n) is 8.36. The molecule has 0 fully saturated rings. The van der Waals surface area contributed by atoms with Gasteiger partial charge in [-0.1, -0.05) is 19.6 Å². The first kappa shape index (κ1) is 20.8. The fourth-order valence-electron chi connectivity index (χ4n) is 2.37. The molecule has 144 valence electrons. The van der Waals surface area contributed by atoms with Crippen LogP contribution >= 0.6 is 15.9 Å². The van der Waals surface area contributed by atoms with Crippen molar-refractivity contribution in [1.29, 1.82) is 0 Å². The van der Waals surface area contributed by atoms with Gasteiger partial charge in [0.05, 0.1) is 14.2 Å². The molecule has 1 aliphatic rings. The molecule has 0 aromatic heterocycles. The maximum atomic E-state index is 12.2. The Bertz CT molecular complexity index is 689. The van der Waals surface area contributed by atoms with Crippen molar-refractivity contribution in [3.63, 3.8) is 0 Å². The molecule has 0 saturated carbocycles. The van der Waals surface area contributed by atoms with Crippen molar-refractivity contribution in [1.82, 2.24) is 0 Å². The molecule has 0 aliphatic carbocycles. The Kier molecular flexibility index (Phi) is 6.76. The molecular weight excluding hydrogens is 418 g/mol. The van der Waals surface area contributed by atoms with Gasteiger partial charge in [0, 0.05) is 32.0 Å². The van der Waals surface area contributed by atoms with E-state index in [1.807, 2.05) is 18.2 Å². The molecule has 0 bridgehead atoms. The monoisotopic (exact) mass is 443 g/mol. The minimum atomic E-state index is -1.20. The highest BCUT2D eigenvalue weighted by molar-refractivity contribution is 9.10. The van der Waals surface area contributed by atoms with Gasteiger partial charge < -0.3 is 24.3 Å². The minimum Gasteiger partial charge on any atom is -0.497 e. The Labute approximate surface area is 164 Å². The number of carbonyl (C=O) groups is 1. The average molecular weight is 444 g/mol. The standard InChI is InChI=1S/C18H26BrNO5Si/c1-22-13-6-7-15-14(10-13)16(11-18(19,20-15)17(21)23-2)25-12-24-8-9-26(3,4)5/h6-7,10-11,20H,8-9,12H2,1-5H3. The number of benzene rings is 1. The highest BCUT2D eigenvalue weighted by Gasteiger charge is 2.40. The van der Waals surface area contributed by atoms with Gasteiger partial charge in [-0.05, 0) is 40.2 Å². The molecule has 26 heavy (non-hydrogen) atoms. The van der Waals surface area contributed by atoms with Crippen molar-refractivity contribution < 1.29 is 23.7 Å². The molecular formula is C18H26BrNO5Si. The molecule has 0 spiro atoms. The molecule has 1 atom stereocenters. The SMILES string of the molecule is COC(=O)C1(Br)C=C(OCOCC[Si](C)(C)C)c2cc(OC)ccc2N1. The number of alkyl halides is 1. The molecule has 1 N–H and O–H groups in total.